The fourth-order valence-corrected chi connectivity index (χ4v) is 5.19. The number of benzene rings is 3. The van der Waals surface area contributed by atoms with E-state index in [9.17, 15) is 9.59 Å². The van der Waals surface area contributed by atoms with E-state index in [1.165, 1.54) is 0 Å². The number of nitrogens with zero attached hydrogens (tertiary/aromatic N) is 3. The molecule has 6 rings (SSSR count). The summed E-state index contributed by atoms with van der Waals surface area (Å²) in [5.74, 6) is -0.0493. The van der Waals surface area contributed by atoms with Gasteiger partial charge in [0.25, 0.3) is 5.91 Å². The second-order valence-electron chi connectivity index (χ2n) is 10.3. The van der Waals surface area contributed by atoms with Gasteiger partial charge in [-0.15, -0.1) is 0 Å². The number of carbonyl (C=O) groups excluding carboxylic acids is 2. The summed E-state index contributed by atoms with van der Waals surface area (Å²) >= 11 is 0. The summed E-state index contributed by atoms with van der Waals surface area (Å²) in [5, 5.41) is 9.45. The first-order valence-corrected chi connectivity index (χ1v) is 13.3. The quantitative estimate of drug-likeness (QED) is 0.312. The average Bonchev–Trinajstić information content (AvgIpc) is 3.30. The number of aromatic nitrogens is 1. The molecular weight excluding hydrogens is 490 g/mol. The van der Waals surface area contributed by atoms with Crippen molar-refractivity contribution in [1.29, 1.82) is 0 Å². The molecule has 0 saturated carbocycles. The van der Waals surface area contributed by atoms with Crippen LogP contribution in [0.15, 0.2) is 77.3 Å². The van der Waals surface area contributed by atoms with Gasteiger partial charge in [0.05, 0.1) is 5.52 Å². The molecule has 198 valence electrons. The van der Waals surface area contributed by atoms with Crippen molar-refractivity contribution < 1.29 is 14.0 Å². The van der Waals surface area contributed by atoms with Crippen LogP contribution in [0.4, 0.5) is 11.4 Å². The smallest absolute Gasteiger partial charge is 0.251 e. The zero-order valence-electron chi connectivity index (χ0n) is 22.1. The van der Waals surface area contributed by atoms with Crippen molar-refractivity contribution >= 4 is 56.0 Å². The van der Waals surface area contributed by atoms with E-state index < -0.39 is 0 Å². The van der Waals surface area contributed by atoms with E-state index in [-0.39, 0.29) is 17.9 Å². The minimum Gasteiger partial charge on any atom is -0.456 e. The van der Waals surface area contributed by atoms with E-state index in [1.54, 1.807) is 12.3 Å². The third-order valence-corrected chi connectivity index (χ3v) is 7.28. The average molecular weight is 522 g/mol. The maximum atomic E-state index is 13.2. The van der Waals surface area contributed by atoms with E-state index in [0.717, 1.165) is 46.0 Å². The third kappa shape index (κ3) is 5.15. The molecule has 3 aromatic carbocycles. The van der Waals surface area contributed by atoms with Crippen molar-refractivity contribution in [3.8, 4) is 0 Å². The highest BCUT2D eigenvalue weighted by Gasteiger charge is 2.27. The molecule has 0 bridgehead atoms. The van der Waals surface area contributed by atoms with Gasteiger partial charge < -0.3 is 24.9 Å². The van der Waals surface area contributed by atoms with Crippen LogP contribution in [0.2, 0.25) is 0 Å². The number of hydrogen-bond acceptors (Lipinski definition) is 6. The molecule has 2 aromatic heterocycles. The normalized spacial score (nSPS) is 15.9. The molecule has 8 heteroatoms. The zero-order valence-corrected chi connectivity index (χ0v) is 22.1. The third-order valence-electron chi connectivity index (χ3n) is 7.28. The lowest BCUT2D eigenvalue weighted by Crippen LogP contribution is -2.43. The molecule has 1 aliphatic rings. The number of hydrogen-bond donors (Lipinski definition) is 2. The Morgan fingerprint density at radius 3 is 2.69 bits per heavy atom. The summed E-state index contributed by atoms with van der Waals surface area (Å²) in [7, 11) is 3.94. The topological polar surface area (TPSA) is 90.7 Å². The fraction of sp³-hybridized carbons (Fsp3) is 0.258. The van der Waals surface area contributed by atoms with E-state index in [1.807, 2.05) is 84.6 Å². The zero-order chi connectivity index (χ0) is 26.9. The lowest BCUT2D eigenvalue weighted by atomic mass is 10.0. The number of pyridine rings is 1. The standard InChI is InChI=1S/C31H31N5O3/c1-35(2)15-13-33-31(38)21-6-9-25-26-10-8-24(19-29(26)39-28(25)16-21)36-14-11-23(18-30(36)37)34-22-7-5-20-4-3-12-32-27(20)17-22/h3-10,12,16-17,19,23,34H,11,13-15,18H2,1-2H3,(H,33,38)/t23-/m0/s1. The van der Waals surface area contributed by atoms with Gasteiger partial charge in [-0.1, -0.05) is 12.1 Å². The Balaban J connectivity index is 1.15. The molecule has 1 saturated heterocycles. The van der Waals surface area contributed by atoms with Crippen molar-refractivity contribution in [3.63, 3.8) is 0 Å². The Morgan fingerprint density at radius 1 is 1.05 bits per heavy atom. The van der Waals surface area contributed by atoms with Crippen LogP contribution in [0, 0.1) is 0 Å². The summed E-state index contributed by atoms with van der Waals surface area (Å²) in [6.07, 6.45) is 3.03. The van der Waals surface area contributed by atoms with Crippen molar-refractivity contribution in [2.45, 2.75) is 18.9 Å². The van der Waals surface area contributed by atoms with Crippen LogP contribution >= 0.6 is 0 Å². The Bertz CT molecular complexity index is 1690. The molecule has 0 unspecified atom stereocenters. The Morgan fingerprint density at radius 2 is 1.87 bits per heavy atom. The summed E-state index contributed by atoms with van der Waals surface area (Å²) in [4.78, 5) is 34.0. The van der Waals surface area contributed by atoms with Gasteiger partial charge in [-0.3, -0.25) is 14.6 Å². The first-order chi connectivity index (χ1) is 18.9. The van der Waals surface area contributed by atoms with E-state index in [4.69, 9.17) is 4.42 Å². The Hall–Kier alpha value is -4.43. The number of anilines is 2. The number of fused-ring (bicyclic) bond motifs is 4. The van der Waals surface area contributed by atoms with Gasteiger partial charge in [-0.2, -0.15) is 0 Å². The molecule has 3 heterocycles. The monoisotopic (exact) mass is 521 g/mol. The number of amides is 2. The van der Waals surface area contributed by atoms with Crippen molar-refractivity contribution in [1.82, 2.24) is 15.2 Å². The van der Waals surface area contributed by atoms with Crippen molar-refractivity contribution in [3.05, 3.63) is 78.5 Å². The lowest BCUT2D eigenvalue weighted by Gasteiger charge is -2.32. The molecule has 39 heavy (non-hydrogen) atoms. The van der Waals surface area contributed by atoms with E-state index in [2.05, 4.69) is 15.6 Å². The van der Waals surface area contributed by atoms with Crippen LogP contribution in [0.5, 0.6) is 0 Å². The molecule has 8 nitrogen and oxygen atoms in total. The van der Waals surface area contributed by atoms with Crippen LogP contribution in [0.3, 0.4) is 0 Å². The number of carbonyl (C=O) groups is 2. The highest BCUT2D eigenvalue weighted by Crippen LogP contribution is 2.33. The van der Waals surface area contributed by atoms with Crippen molar-refractivity contribution in [2.24, 2.45) is 0 Å². The van der Waals surface area contributed by atoms with E-state index >= 15 is 0 Å². The molecule has 0 spiro atoms. The van der Waals surface area contributed by atoms with Gasteiger partial charge in [-0.25, -0.2) is 0 Å². The highest BCUT2D eigenvalue weighted by atomic mass is 16.3. The lowest BCUT2D eigenvalue weighted by molar-refractivity contribution is -0.119. The number of rotatable bonds is 7. The van der Waals surface area contributed by atoms with Crippen molar-refractivity contribution in [2.75, 3.05) is 43.9 Å². The highest BCUT2D eigenvalue weighted by molar-refractivity contribution is 6.09. The van der Waals surface area contributed by atoms with Crippen LogP contribution in [0.1, 0.15) is 23.2 Å². The van der Waals surface area contributed by atoms with Crippen LogP contribution in [0.25, 0.3) is 32.8 Å². The Kier molecular flexibility index (Phi) is 6.62. The summed E-state index contributed by atoms with van der Waals surface area (Å²) in [6, 6.07) is 21.6. The Labute approximate surface area is 226 Å². The SMILES string of the molecule is CN(C)CCNC(=O)c1ccc2c(c1)oc1cc(N3CC[C@H](Nc4ccc5cccnc5c4)CC3=O)ccc12. The molecule has 0 aliphatic carbocycles. The van der Waals surface area contributed by atoms with Gasteiger partial charge in [-0.05, 0) is 69.0 Å². The number of likely N-dealkylation sites (N-methyl/N-ethyl adjacent to an activating group) is 1. The fourth-order valence-electron chi connectivity index (χ4n) is 5.19. The minimum absolute atomic E-state index is 0.0622. The molecule has 1 fully saturated rings. The van der Waals surface area contributed by atoms with Crippen LogP contribution in [-0.2, 0) is 4.79 Å². The van der Waals surface area contributed by atoms with Gasteiger partial charge in [0.15, 0.2) is 0 Å². The first-order valence-electron chi connectivity index (χ1n) is 13.3. The number of piperidine rings is 1. The predicted molar refractivity (Wildman–Crippen MR) is 155 cm³/mol. The maximum absolute atomic E-state index is 13.2. The second kappa shape index (κ2) is 10.4. The molecule has 2 amide bonds. The van der Waals surface area contributed by atoms with Gasteiger partial charge in [0, 0.05) is 77.5 Å². The molecule has 0 radical (unpaired) electrons. The van der Waals surface area contributed by atoms with E-state index in [0.29, 0.717) is 36.2 Å². The number of nitrogens with one attached hydrogen (secondary N) is 2. The van der Waals surface area contributed by atoms with Gasteiger partial charge >= 0.3 is 0 Å². The summed E-state index contributed by atoms with van der Waals surface area (Å²) in [6.45, 7) is 1.97. The molecule has 2 N–H and O–H groups in total. The minimum atomic E-state index is -0.123. The molecule has 1 aliphatic heterocycles. The number of furan rings is 1. The summed E-state index contributed by atoms with van der Waals surface area (Å²) in [5.41, 5.74) is 4.64. The molecule has 1 atom stereocenters. The maximum Gasteiger partial charge on any atom is 0.251 e. The van der Waals surface area contributed by atoms with Gasteiger partial charge in [0.1, 0.15) is 11.2 Å². The molecule has 5 aromatic rings. The van der Waals surface area contributed by atoms with Gasteiger partial charge in [0.2, 0.25) is 5.91 Å². The second-order valence-corrected chi connectivity index (χ2v) is 10.3. The first kappa shape index (κ1) is 24.9. The predicted octanol–water partition coefficient (Wildman–Crippen LogP) is 5.03. The molecular formula is C31H31N5O3. The van der Waals surface area contributed by atoms with Crippen LogP contribution < -0.4 is 15.5 Å². The summed E-state index contributed by atoms with van der Waals surface area (Å²) < 4.78 is 6.14. The largest absolute Gasteiger partial charge is 0.456 e. The van der Waals surface area contributed by atoms with Crippen LogP contribution in [-0.4, -0.2) is 61.5 Å².